The van der Waals surface area contributed by atoms with E-state index in [1.807, 2.05) is 13.8 Å². The Bertz CT molecular complexity index is 94.3. The predicted octanol–water partition coefficient (Wildman–Crippen LogP) is 0.706. The van der Waals surface area contributed by atoms with Gasteiger partial charge in [-0.25, -0.2) is 0 Å². The molecular formula is C7H18N2Ni. The molecule has 0 radical (unpaired) electrons. The monoisotopic (exact) mass is 188 g/mol. The molecule has 0 aliphatic carbocycles. The van der Waals surface area contributed by atoms with Crippen LogP contribution in [-0.2, 0) is 16.5 Å². The normalized spacial score (nSPS) is 12.6. The van der Waals surface area contributed by atoms with Crippen LogP contribution in [0.4, 0.5) is 0 Å². The summed E-state index contributed by atoms with van der Waals surface area (Å²) >= 11 is 0. The minimum atomic E-state index is -0.179. The first-order chi connectivity index (χ1) is 3.81. The van der Waals surface area contributed by atoms with E-state index in [1.165, 1.54) is 0 Å². The summed E-state index contributed by atoms with van der Waals surface area (Å²) < 4.78 is 0. The van der Waals surface area contributed by atoms with E-state index < -0.39 is 0 Å². The molecule has 3 heteroatoms. The maximum absolute atomic E-state index is 5.84. The van der Waals surface area contributed by atoms with Gasteiger partial charge in [0.2, 0.25) is 0 Å². The molecule has 0 saturated carbocycles. The number of hydrogen-bond acceptors (Lipinski definition) is 2. The third-order valence-corrected chi connectivity index (χ3v) is 2.25. The van der Waals surface area contributed by atoms with Gasteiger partial charge in [-0.1, -0.05) is 13.8 Å². The quantitative estimate of drug-likeness (QED) is 0.628. The van der Waals surface area contributed by atoms with Crippen LogP contribution in [0.25, 0.3) is 0 Å². The minimum absolute atomic E-state index is 0. The van der Waals surface area contributed by atoms with Crippen LogP contribution in [0.2, 0.25) is 0 Å². The van der Waals surface area contributed by atoms with Gasteiger partial charge in [-0.15, -0.1) is 0 Å². The van der Waals surface area contributed by atoms with Crippen LogP contribution >= 0.6 is 0 Å². The van der Waals surface area contributed by atoms with Gasteiger partial charge in [-0.05, 0) is 25.8 Å². The van der Waals surface area contributed by atoms with Crippen molar-refractivity contribution in [1.82, 2.24) is 0 Å². The van der Waals surface area contributed by atoms with Crippen LogP contribution < -0.4 is 11.5 Å². The Kier molecular flexibility index (Phi) is 4.83. The van der Waals surface area contributed by atoms with Crippen molar-refractivity contribution in [2.24, 2.45) is 16.9 Å². The standard InChI is InChI=1S/C7H18N2.Ni/c1-6(2,5-8)7(3,4)9;/h5,8-9H2,1-4H3;. The summed E-state index contributed by atoms with van der Waals surface area (Å²) in [7, 11) is 0. The van der Waals surface area contributed by atoms with Crippen LogP contribution in [0.5, 0.6) is 0 Å². The zero-order valence-corrected chi connectivity index (χ0v) is 8.17. The van der Waals surface area contributed by atoms with Gasteiger partial charge >= 0.3 is 0 Å². The van der Waals surface area contributed by atoms with Crippen molar-refractivity contribution in [2.45, 2.75) is 33.2 Å². The van der Waals surface area contributed by atoms with Gasteiger partial charge in [0.05, 0.1) is 0 Å². The van der Waals surface area contributed by atoms with E-state index in [4.69, 9.17) is 11.5 Å². The third kappa shape index (κ3) is 3.00. The van der Waals surface area contributed by atoms with Crippen LogP contribution in [0.3, 0.4) is 0 Å². The van der Waals surface area contributed by atoms with Crippen LogP contribution in [-0.4, -0.2) is 12.1 Å². The Morgan fingerprint density at radius 1 is 1.10 bits per heavy atom. The molecule has 66 valence electrons. The fraction of sp³-hybridized carbons (Fsp3) is 1.00. The molecule has 0 rings (SSSR count). The first-order valence-corrected chi connectivity index (χ1v) is 3.30. The second kappa shape index (κ2) is 3.70. The minimum Gasteiger partial charge on any atom is -0.330 e. The number of rotatable bonds is 2. The van der Waals surface area contributed by atoms with Gasteiger partial charge in [-0.2, -0.15) is 0 Å². The van der Waals surface area contributed by atoms with Gasteiger partial charge in [0.15, 0.2) is 0 Å². The molecule has 0 aromatic carbocycles. The summed E-state index contributed by atoms with van der Waals surface area (Å²) in [6, 6.07) is 0. The summed E-state index contributed by atoms with van der Waals surface area (Å²) in [6.45, 7) is 8.79. The van der Waals surface area contributed by atoms with Gasteiger partial charge in [0.25, 0.3) is 0 Å². The van der Waals surface area contributed by atoms with E-state index in [2.05, 4.69) is 13.8 Å². The van der Waals surface area contributed by atoms with E-state index in [1.54, 1.807) is 0 Å². The summed E-state index contributed by atoms with van der Waals surface area (Å²) in [4.78, 5) is 0. The largest absolute Gasteiger partial charge is 0.330 e. The molecule has 0 saturated heterocycles. The van der Waals surface area contributed by atoms with Crippen LogP contribution in [0, 0.1) is 5.41 Å². The van der Waals surface area contributed by atoms with Crippen molar-refractivity contribution in [3.05, 3.63) is 0 Å². The van der Waals surface area contributed by atoms with Crippen molar-refractivity contribution in [3.8, 4) is 0 Å². The predicted molar refractivity (Wildman–Crippen MR) is 41.1 cm³/mol. The Morgan fingerprint density at radius 3 is 1.40 bits per heavy atom. The molecule has 0 unspecified atom stereocenters. The summed E-state index contributed by atoms with van der Waals surface area (Å²) in [6.07, 6.45) is 0. The van der Waals surface area contributed by atoms with E-state index in [9.17, 15) is 0 Å². The maximum atomic E-state index is 5.84. The molecule has 2 nitrogen and oxygen atoms in total. The van der Waals surface area contributed by atoms with Gasteiger partial charge in [0.1, 0.15) is 0 Å². The maximum Gasteiger partial charge on any atom is 0.0160 e. The van der Waals surface area contributed by atoms with Crippen molar-refractivity contribution < 1.29 is 16.5 Å². The molecule has 10 heavy (non-hydrogen) atoms. The van der Waals surface area contributed by atoms with E-state index >= 15 is 0 Å². The molecule has 0 aromatic heterocycles. The average molecular weight is 189 g/mol. The van der Waals surface area contributed by atoms with Crippen molar-refractivity contribution in [2.75, 3.05) is 6.54 Å². The van der Waals surface area contributed by atoms with Crippen LogP contribution in [0.15, 0.2) is 0 Å². The molecule has 4 N–H and O–H groups in total. The summed E-state index contributed by atoms with van der Waals surface area (Å²) in [5.41, 5.74) is 11.2. The number of nitrogens with two attached hydrogens (primary N) is 2. The second-order valence-electron chi connectivity index (χ2n) is 3.81. The Hall–Kier alpha value is 0.414. The second-order valence-corrected chi connectivity index (χ2v) is 3.81. The van der Waals surface area contributed by atoms with Gasteiger partial charge in [0, 0.05) is 22.0 Å². The zero-order valence-electron chi connectivity index (χ0n) is 7.18. The molecule has 0 aromatic rings. The fourth-order valence-electron chi connectivity index (χ4n) is 0.263. The van der Waals surface area contributed by atoms with Gasteiger partial charge < -0.3 is 11.5 Å². The molecule has 0 spiro atoms. The average Bonchev–Trinajstić information content (AvgIpc) is 1.64. The smallest absolute Gasteiger partial charge is 0.0160 e. The Morgan fingerprint density at radius 2 is 1.40 bits per heavy atom. The Balaban J connectivity index is 0. The topological polar surface area (TPSA) is 52.0 Å². The first kappa shape index (κ1) is 13.0. The van der Waals surface area contributed by atoms with Crippen molar-refractivity contribution in [3.63, 3.8) is 0 Å². The van der Waals surface area contributed by atoms with E-state index in [0.717, 1.165) is 0 Å². The third-order valence-electron chi connectivity index (χ3n) is 2.25. The SMILES string of the molecule is CC(C)(N)C(C)(C)CN.[Ni]. The van der Waals surface area contributed by atoms with E-state index in [0.29, 0.717) is 6.54 Å². The van der Waals surface area contributed by atoms with Crippen molar-refractivity contribution >= 4 is 0 Å². The number of hydrogen-bond donors (Lipinski definition) is 2. The molecule has 0 fully saturated rings. The molecule has 0 heterocycles. The van der Waals surface area contributed by atoms with Gasteiger partial charge in [-0.3, -0.25) is 0 Å². The summed E-state index contributed by atoms with van der Waals surface area (Å²) in [5, 5.41) is 0. The molecule has 0 amide bonds. The molecule has 0 bridgehead atoms. The summed E-state index contributed by atoms with van der Waals surface area (Å²) in [5.74, 6) is 0. The van der Waals surface area contributed by atoms with Crippen LogP contribution in [0.1, 0.15) is 27.7 Å². The van der Waals surface area contributed by atoms with Crippen molar-refractivity contribution in [1.29, 1.82) is 0 Å². The fourth-order valence-corrected chi connectivity index (χ4v) is 0.263. The molecule has 0 aliphatic heterocycles. The molecular weight excluding hydrogens is 171 g/mol. The Labute approximate surface area is 73.7 Å². The first-order valence-electron chi connectivity index (χ1n) is 3.30. The molecule has 0 aliphatic rings. The zero-order chi connectivity index (χ0) is 7.71. The van der Waals surface area contributed by atoms with E-state index in [-0.39, 0.29) is 27.4 Å². The molecule has 0 atom stereocenters.